The summed E-state index contributed by atoms with van der Waals surface area (Å²) in [5, 5.41) is 2.71. The third-order valence-electron chi connectivity index (χ3n) is 3.51. The summed E-state index contributed by atoms with van der Waals surface area (Å²) in [6.07, 6.45) is 0. The first-order chi connectivity index (χ1) is 13.1. The second-order valence-electron chi connectivity index (χ2n) is 5.45. The standard InChI is InChI=1S/C20H16F2N2O2S/c21-20(22)26-17-12-10-15(11-13-17)23-19(25)14-6-8-16(9-7-14)24-27-18-4-2-1-3-5-18/h1-13,20,24H,(H,23,25). The topological polar surface area (TPSA) is 50.4 Å². The molecule has 0 bridgehead atoms. The smallest absolute Gasteiger partial charge is 0.387 e. The van der Waals surface area contributed by atoms with Crippen LogP contribution in [0.15, 0.2) is 83.8 Å². The second-order valence-corrected chi connectivity index (χ2v) is 6.33. The lowest BCUT2D eigenvalue weighted by Crippen LogP contribution is -2.11. The molecule has 7 heteroatoms. The molecule has 138 valence electrons. The van der Waals surface area contributed by atoms with Gasteiger partial charge < -0.3 is 14.8 Å². The quantitative estimate of drug-likeness (QED) is 0.515. The van der Waals surface area contributed by atoms with Gasteiger partial charge in [-0.2, -0.15) is 8.78 Å². The van der Waals surface area contributed by atoms with E-state index in [-0.39, 0.29) is 11.7 Å². The molecule has 0 fully saturated rings. The predicted molar refractivity (Wildman–Crippen MR) is 103 cm³/mol. The Morgan fingerprint density at radius 1 is 0.852 bits per heavy atom. The van der Waals surface area contributed by atoms with Crippen molar-refractivity contribution >= 4 is 29.2 Å². The normalized spacial score (nSPS) is 10.5. The van der Waals surface area contributed by atoms with Crippen molar-refractivity contribution in [3.63, 3.8) is 0 Å². The number of anilines is 2. The number of nitrogens with one attached hydrogen (secondary N) is 2. The summed E-state index contributed by atoms with van der Waals surface area (Å²) < 4.78 is 31.8. The van der Waals surface area contributed by atoms with E-state index in [2.05, 4.69) is 14.8 Å². The van der Waals surface area contributed by atoms with Gasteiger partial charge in [-0.25, -0.2) is 0 Å². The molecule has 0 unspecified atom stereocenters. The Kier molecular flexibility index (Phi) is 6.27. The zero-order valence-electron chi connectivity index (χ0n) is 14.1. The van der Waals surface area contributed by atoms with Gasteiger partial charge in [0, 0.05) is 21.8 Å². The Morgan fingerprint density at radius 2 is 1.48 bits per heavy atom. The van der Waals surface area contributed by atoms with Gasteiger partial charge in [0.15, 0.2) is 0 Å². The van der Waals surface area contributed by atoms with Gasteiger partial charge in [0.25, 0.3) is 5.91 Å². The summed E-state index contributed by atoms with van der Waals surface area (Å²) in [6, 6.07) is 22.7. The van der Waals surface area contributed by atoms with Crippen molar-refractivity contribution in [3.05, 3.63) is 84.4 Å². The number of hydrogen-bond donors (Lipinski definition) is 2. The number of alkyl halides is 2. The lowest BCUT2D eigenvalue weighted by atomic mass is 10.2. The lowest BCUT2D eigenvalue weighted by molar-refractivity contribution is -0.0498. The van der Waals surface area contributed by atoms with E-state index < -0.39 is 6.61 Å². The van der Waals surface area contributed by atoms with Crippen molar-refractivity contribution in [2.75, 3.05) is 10.0 Å². The highest BCUT2D eigenvalue weighted by Gasteiger charge is 2.08. The minimum atomic E-state index is -2.88. The number of benzene rings is 3. The van der Waals surface area contributed by atoms with Gasteiger partial charge in [-0.05, 0) is 72.6 Å². The zero-order chi connectivity index (χ0) is 19.1. The third kappa shape index (κ3) is 5.72. The van der Waals surface area contributed by atoms with Crippen molar-refractivity contribution in [2.45, 2.75) is 11.5 Å². The Balaban J connectivity index is 1.55. The first kappa shape index (κ1) is 18.7. The van der Waals surface area contributed by atoms with Crippen LogP contribution in [-0.4, -0.2) is 12.5 Å². The van der Waals surface area contributed by atoms with Crippen molar-refractivity contribution in [1.82, 2.24) is 0 Å². The van der Waals surface area contributed by atoms with Gasteiger partial charge in [-0.1, -0.05) is 18.2 Å². The summed E-state index contributed by atoms with van der Waals surface area (Å²) in [6.45, 7) is -2.88. The van der Waals surface area contributed by atoms with Crippen LogP contribution in [0.25, 0.3) is 0 Å². The SMILES string of the molecule is O=C(Nc1ccc(OC(F)F)cc1)c1ccc(NSc2ccccc2)cc1. The molecule has 0 radical (unpaired) electrons. The number of hydrogen-bond acceptors (Lipinski definition) is 4. The number of rotatable bonds is 7. The summed E-state index contributed by atoms with van der Waals surface area (Å²) in [5.41, 5.74) is 1.84. The van der Waals surface area contributed by atoms with Crippen LogP contribution in [-0.2, 0) is 0 Å². The van der Waals surface area contributed by atoms with Gasteiger partial charge in [0.2, 0.25) is 0 Å². The summed E-state index contributed by atoms with van der Waals surface area (Å²) in [4.78, 5) is 13.4. The minimum absolute atomic E-state index is 0.0364. The fourth-order valence-corrected chi connectivity index (χ4v) is 2.88. The molecule has 0 aliphatic heterocycles. The van der Waals surface area contributed by atoms with E-state index in [1.165, 1.54) is 36.2 Å². The molecule has 0 saturated heterocycles. The highest BCUT2D eigenvalue weighted by molar-refractivity contribution is 8.00. The molecule has 2 N–H and O–H groups in total. The van der Waals surface area contributed by atoms with Gasteiger partial charge in [0.1, 0.15) is 5.75 Å². The summed E-state index contributed by atoms with van der Waals surface area (Å²) in [7, 11) is 0. The Hall–Kier alpha value is -3.06. The van der Waals surface area contributed by atoms with Crippen LogP contribution in [0.3, 0.4) is 0 Å². The number of carbonyl (C=O) groups excluding carboxylic acids is 1. The van der Waals surface area contributed by atoms with E-state index in [1.807, 2.05) is 42.5 Å². The van der Waals surface area contributed by atoms with Gasteiger partial charge in [0.05, 0.1) is 0 Å². The van der Waals surface area contributed by atoms with Gasteiger partial charge in [-0.15, -0.1) is 0 Å². The average molecular weight is 386 g/mol. The zero-order valence-corrected chi connectivity index (χ0v) is 14.9. The van der Waals surface area contributed by atoms with Crippen LogP contribution < -0.4 is 14.8 Å². The molecule has 3 aromatic rings. The summed E-state index contributed by atoms with van der Waals surface area (Å²) in [5.74, 6) is -0.255. The molecule has 1 amide bonds. The van der Waals surface area contributed by atoms with E-state index in [4.69, 9.17) is 0 Å². The fourth-order valence-electron chi connectivity index (χ4n) is 2.22. The van der Waals surface area contributed by atoms with Crippen LogP contribution in [0.4, 0.5) is 20.2 Å². The van der Waals surface area contributed by atoms with Crippen molar-refractivity contribution in [1.29, 1.82) is 0 Å². The van der Waals surface area contributed by atoms with Crippen molar-refractivity contribution < 1.29 is 18.3 Å². The van der Waals surface area contributed by atoms with Gasteiger partial charge >= 0.3 is 6.61 Å². The average Bonchev–Trinajstić information content (AvgIpc) is 2.69. The molecule has 0 atom stereocenters. The minimum Gasteiger partial charge on any atom is -0.435 e. The number of amides is 1. The molecular formula is C20H16F2N2O2S. The van der Waals surface area contributed by atoms with E-state index in [9.17, 15) is 13.6 Å². The van der Waals surface area contributed by atoms with Crippen LogP contribution in [0.5, 0.6) is 5.75 Å². The number of halogens is 2. The molecule has 4 nitrogen and oxygen atoms in total. The molecule has 0 saturated carbocycles. The Bertz CT molecular complexity index is 873. The maximum atomic E-state index is 12.3. The molecule has 0 aromatic heterocycles. The van der Waals surface area contributed by atoms with Crippen LogP contribution >= 0.6 is 11.9 Å². The molecule has 0 aliphatic rings. The van der Waals surface area contributed by atoms with Crippen LogP contribution in [0, 0.1) is 0 Å². The number of ether oxygens (including phenoxy) is 1. The fraction of sp³-hybridized carbons (Fsp3) is 0.0500. The highest BCUT2D eigenvalue weighted by atomic mass is 32.2. The lowest BCUT2D eigenvalue weighted by Gasteiger charge is -2.09. The Labute approximate surface area is 159 Å². The monoisotopic (exact) mass is 386 g/mol. The third-order valence-corrected chi connectivity index (χ3v) is 4.36. The first-order valence-corrected chi connectivity index (χ1v) is 8.86. The maximum absolute atomic E-state index is 12.3. The molecule has 27 heavy (non-hydrogen) atoms. The predicted octanol–water partition coefficient (Wildman–Crippen LogP) is 5.66. The maximum Gasteiger partial charge on any atom is 0.387 e. The molecule has 0 heterocycles. The van der Waals surface area contributed by atoms with Gasteiger partial charge in [-0.3, -0.25) is 4.79 Å². The van der Waals surface area contributed by atoms with Crippen molar-refractivity contribution in [2.24, 2.45) is 0 Å². The van der Waals surface area contributed by atoms with E-state index in [0.717, 1.165) is 10.6 Å². The van der Waals surface area contributed by atoms with Crippen molar-refractivity contribution in [3.8, 4) is 5.75 Å². The second kappa shape index (κ2) is 9.05. The van der Waals surface area contributed by atoms with E-state index >= 15 is 0 Å². The van der Waals surface area contributed by atoms with E-state index in [1.54, 1.807) is 12.1 Å². The van der Waals surface area contributed by atoms with E-state index in [0.29, 0.717) is 11.3 Å². The molecule has 3 rings (SSSR count). The first-order valence-electron chi connectivity index (χ1n) is 8.04. The molecule has 3 aromatic carbocycles. The largest absolute Gasteiger partial charge is 0.435 e. The number of carbonyl (C=O) groups is 1. The van der Waals surface area contributed by atoms with Crippen LogP contribution in [0.2, 0.25) is 0 Å². The molecule has 0 spiro atoms. The molecular weight excluding hydrogens is 370 g/mol. The Morgan fingerprint density at radius 3 is 2.11 bits per heavy atom. The summed E-state index contributed by atoms with van der Waals surface area (Å²) >= 11 is 1.48. The highest BCUT2D eigenvalue weighted by Crippen LogP contribution is 2.22. The van der Waals surface area contributed by atoms with Crippen LogP contribution in [0.1, 0.15) is 10.4 Å². The molecule has 0 aliphatic carbocycles.